The van der Waals surface area contributed by atoms with E-state index < -0.39 is 0 Å². The molecule has 0 aliphatic carbocycles. The highest BCUT2D eigenvalue weighted by Gasteiger charge is 2.28. The molecule has 1 atom stereocenters. The van der Waals surface area contributed by atoms with Gasteiger partial charge in [0.25, 0.3) is 0 Å². The van der Waals surface area contributed by atoms with Crippen molar-refractivity contribution < 1.29 is 9.53 Å². The third-order valence-corrected chi connectivity index (χ3v) is 4.03. The van der Waals surface area contributed by atoms with Crippen molar-refractivity contribution in [3.05, 3.63) is 29.8 Å². The van der Waals surface area contributed by atoms with E-state index in [1.807, 2.05) is 38.1 Å². The zero-order valence-electron chi connectivity index (χ0n) is 14.1. The molecule has 1 saturated heterocycles. The molecular formula is C18H28N2O2. The highest BCUT2D eigenvalue weighted by atomic mass is 16.5. The lowest BCUT2D eigenvalue weighted by molar-refractivity contribution is -0.126. The van der Waals surface area contributed by atoms with Crippen LogP contribution in [0.5, 0.6) is 5.75 Å². The van der Waals surface area contributed by atoms with Crippen LogP contribution >= 0.6 is 0 Å². The number of amides is 1. The first kappa shape index (κ1) is 16.8. The molecule has 22 heavy (non-hydrogen) atoms. The SMILES string of the molecule is CC(C)COc1ccc(C(C)(C)NC(=O)C2CCNC2)cc1. The summed E-state index contributed by atoms with van der Waals surface area (Å²) in [5, 5.41) is 6.40. The summed E-state index contributed by atoms with van der Waals surface area (Å²) in [5.41, 5.74) is 0.708. The lowest BCUT2D eigenvalue weighted by atomic mass is 9.93. The first-order valence-electron chi connectivity index (χ1n) is 8.14. The zero-order chi connectivity index (χ0) is 16.2. The Morgan fingerprint density at radius 1 is 1.36 bits per heavy atom. The molecule has 0 aromatic heterocycles. The average Bonchev–Trinajstić information content (AvgIpc) is 2.99. The Kier molecular flexibility index (Phi) is 5.46. The second kappa shape index (κ2) is 7.14. The van der Waals surface area contributed by atoms with Crippen LogP contribution in [0.1, 0.15) is 39.7 Å². The maximum atomic E-state index is 12.3. The van der Waals surface area contributed by atoms with E-state index >= 15 is 0 Å². The van der Waals surface area contributed by atoms with Gasteiger partial charge in [0.1, 0.15) is 5.75 Å². The molecule has 0 saturated carbocycles. The number of carbonyl (C=O) groups is 1. The van der Waals surface area contributed by atoms with Crippen LogP contribution in [0.2, 0.25) is 0 Å². The number of nitrogens with one attached hydrogen (secondary N) is 2. The fourth-order valence-corrected chi connectivity index (χ4v) is 2.59. The van der Waals surface area contributed by atoms with Gasteiger partial charge in [-0.2, -0.15) is 0 Å². The molecule has 1 amide bonds. The van der Waals surface area contributed by atoms with Crippen molar-refractivity contribution >= 4 is 5.91 Å². The molecule has 1 aromatic carbocycles. The number of hydrogen-bond donors (Lipinski definition) is 2. The number of carbonyl (C=O) groups excluding carboxylic acids is 1. The van der Waals surface area contributed by atoms with E-state index in [2.05, 4.69) is 24.5 Å². The van der Waals surface area contributed by atoms with Gasteiger partial charge in [0.15, 0.2) is 0 Å². The summed E-state index contributed by atoms with van der Waals surface area (Å²) >= 11 is 0. The quantitative estimate of drug-likeness (QED) is 0.849. The number of ether oxygens (including phenoxy) is 1. The summed E-state index contributed by atoms with van der Waals surface area (Å²) in [7, 11) is 0. The molecule has 1 aliphatic heterocycles. The first-order valence-corrected chi connectivity index (χ1v) is 8.14. The van der Waals surface area contributed by atoms with Crippen LogP contribution < -0.4 is 15.4 Å². The van der Waals surface area contributed by atoms with Crippen molar-refractivity contribution in [2.24, 2.45) is 11.8 Å². The van der Waals surface area contributed by atoms with Gasteiger partial charge in [-0.05, 0) is 50.4 Å². The van der Waals surface area contributed by atoms with Crippen LogP contribution in [-0.2, 0) is 10.3 Å². The van der Waals surface area contributed by atoms with E-state index in [4.69, 9.17) is 4.74 Å². The molecule has 4 nitrogen and oxygen atoms in total. The summed E-state index contributed by atoms with van der Waals surface area (Å²) in [6.07, 6.45) is 0.921. The Hall–Kier alpha value is -1.55. The monoisotopic (exact) mass is 304 g/mol. The molecule has 1 fully saturated rings. The molecular weight excluding hydrogens is 276 g/mol. The van der Waals surface area contributed by atoms with Crippen molar-refractivity contribution in [3.63, 3.8) is 0 Å². The van der Waals surface area contributed by atoms with Crippen LogP contribution in [0.4, 0.5) is 0 Å². The fourth-order valence-electron chi connectivity index (χ4n) is 2.59. The third-order valence-electron chi connectivity index (χ3n) is 4.03. The molecule has 2 rings (SSSR count). The molecule has 2 N–H and O–H groups in total. The van der Waals surface area contributed by atoms with Crippen LogP contribution in [0.15, 0.2) is 24.3 Å². The Bertz CT molecular complexity index is 488. The molecule has 1 aliphatic rings. The summed E-state index contributed by atoms with van der Waals surface area (Å²) in [6, 6.07) is 8.01. The number of benzene rings is 1. The van der Waals surface area contributed by atoms with Gasteiger partial charge in [0.05, 0.1) is 18.1 Å². The predicted molar refractivity (Wildman–Crippen MR) is 88.9 cm³/mol. The van der Waals surface area contributed by atoms with Crippen LogP contribution in [0.25, 0.3) is 0 Å². The number of hydrogen-bond acceptors (Lipinski definition) is 3. The van der Waals surface area contributed by atoms with Gasteiger partial charge in [-0.15, -0.1) is 0 Å². The summed E-state index contributed by atoms with van der Waals surface area (Å²) in [5.74, 6) is 1.61. The van der Waals surface area contributed by atoms with Crippen molar-refractivity contribution in [1.29, 1.82) is 0 Å². The lowest BCUT2D eigenvalue weighted by Crippen LogP contribution is -2.44. The summed E-state index contributed by atoms with van der Waals surface area (Å²) in [4.78, 5) is 12.3. The van der Waals surface area contributed by atoms with Gasteiger partial charge in [0, 0.05) is 6.54 Å². The van der Waals surface area contributed by atoms with Crippen molar-refractivity contribution in [1.82, 2.24) is 10.6 Å². The van der Waals surface area contributed by atoms with Gasteiger partial charge in [-0.25, -0.2) is 0 Å². The number of rotatable bonds is 6. The highest BCUT2D eigenvalue weighted by Crippen LogP contribution is 2.24. The lowest BCUT2D eigenvalue weighted by Gasteiger charge is -2.28. The average molecular weight is 304 g/mol. The summed E-state index contributed by atoms with van der Waals surface area (Å²) < 4.78 is 5.70. The van der Waals surface area contributed by atoms with Gasteiger partial charge in [-0.1, -0.05) is 26.0 Å². The smallest absolute Gasteiger partial charge is 0.225 e. The van der Waals surface area contributed by atoms with E-state index in [1.54, 1.807) is 0 Å². The van der Waals surface area contributed by atoms with Gasteiger partial charge in [-0.3, -0.25) is 4.79 Å². The van der Waals surface area contributed by atoms with Gasteiger partial charge >= 0.3 is 0 Å². The zero-order valence-corrected chi connectivity index (χ0v) is 14.1. The molecule has 0 radical (unpaired) electrons. The first-order chi connectivity index (χ1) is 10.4. The minimum atomic E-state index is -0.379. The molecule has 1 aromatic rings. The van der Waals surface area contributed by atoms with Crippen LogP contribution in [0, 0.1) is 11.8 Å². The summed E-state index contributed by atoms with van der Waals surface area (Å²) in [6.45, 7) is 10.8. The highest BCUT2D eigenvalue weighted by molar-refractivity contribution is 5.80. The Balaban J connectivity index is 1.97. The van der Waals surface area contributed by atoms with E-state index in [0.717, 1.165) is 30.8 Å². The predicted octanol–water partition coefficient (Wildman–Crippen LogP) is 2.68. The Labute approximate surface area is 133 Å². The van der Waals surface area contributed by atoms with Crippen molar-refractivity contribution in [2.75, 3.05) is 19.7 Å². The molecule has 0 spiro atoms. The normalized spacial score (nSPS) is 18.5. The minimum absolute atomic E-state index is 0.0907. The van der Waals surface area contributed by atoms with Crippen molar-refractivity contribution in [2.45, 2.75) is 39.7 Å². The fraction of sp³-hybridized carbons (Fsp3) is 0.611. The van der Waals surface area contributed by atoms with E-state index in [1.165, 1.54) is 0 Å². The third kappa shape index (κ3) is 4.47. The standard InChI is InChI=1S/C18H28N2O2/c1-13(2)12-22-16-7-5-15(6-8-16)18(3,4)20-17(21)14-9-10-19-11-14/h5-8,13-14,19H,9-12H2,1-4H3,(H,20,21). The maximum absolute atomic E-state index is 12.3. The van der Waals surface area contributed by atoms with Gasteiger partial charge in [0.2, 0.25) is 5.91 Å². The van der Waals surface area contributed by atoms with Gasteiger partial charge < -0.3 is 15.4 Å². The van der Waals surface area contributed by atoms with Crippen LogP contribution in [0.3, 0.4) is 0 Å². The molecule has 122 valence electrons. The molecule has 4 heteroatoms. The van der Waals surface area contributed by atoms with E-state index in [-0.39, 0.29) is 17.4 Å². The Morgan fingerprint density at radius 3 is 2.59 bits per heavy atom. The van der Waals surface area contributed by atoms with Crippen molar-refractivity contribution in [3.8, 4) is 5.75 Å². The minimum Gasteiger partial charge on any atom is -0.493 e. The molecule has 0 bridgehead atoms. The van der Waals surface area contributed by atoms with E-state index in [0.29, 0.717) is 12.5 Å². The second-order valence-corrected chi connectivity index (χ2v) is 7.03. The Morgan fingerprint density at radius 2 is 2.05 bits per heavy atom. The topological polar surface area (TPSA) is 50.4 Å². The maximum Gasteiger partial charge on any atom is 0.225 e. The van der Waals surface area contributed by atoms with Crippen LogP contribution in [-0.4, -0.2) is 25.6 Å². The largest absolute Gasteiger partial charge is 0.493 e. The molecule has 1 unspecified atom stereocenters. The second-order valence-electron chi connectivity index (χ2n) is 7.03. The molecule has 1 heterocycles. The van der Waals surface area contributed by atoms with E-state index in [9.17, 15) is 4.79 Å².